The van der Waals surface area contributed by atoms with Crippen molar-refractivity contribution in [2.24, 2.45) is 4.99 Å². The molecule has 2 unspecified atom stereocenters. The molecule has 0 bridgehead atoms. The van der Waals surface area contributed by atoms with Gasteiger partial charge in [0.1, 0.15) is 0 Å². The van der Waals surface area contributed by atoms with Crippen LogP contribution in [0.25, 0.3) is 0 Å². The van der Waals surface area contributed by atoms with Gasteiger partial charge in [0.2, 0.25) is 0 Å². The number of hydrogen-bond donors (Lipinski definition) is 1. The zero-order valence-corrected chi connectivity index (χ0v) is 15.0. The number of amides is 3. The number of thioether (sulfide) groups is 1. The number of fused-ring (bicyclic) bond motifs is 1. The van der Waals surface area contributed by atoms with E-state index in [0.717, 1.165) is 35.9 Å². The van der Waals surface area contributed by atoms with Crippen molar-refractivity contribution in [1.82, 2.24) is 15.1 Å². The van der Waals surface area contributed by atoms with Crippen LogP contribution in [0.1, 0.15) is 39.5 Å². The molecule has 7 heteroatoms. The van der Waals surface area contributed by atoms with Gasteiger partial charge in [0.05, 0.1) is 0 Å². The van der Waals surface area contributed by atoms with Crippen molar-refractivity contribution in [2.45, 2.75) is 51.7 Å². The standard InChI is InChI=1S/C16H26N4O2S/c1-5-6-7-8-9-20-12-13(17-16(20)23-10-11(2)3)19(4)15(22)18-14(12)21/h12-13H,2,5-10H2,1,3-4H3,(H,18,21,22). The second-order valence-corrected chi connectivity index (χ2v) is 7.12. The van der Waals surface area contributed by atoms with Crippen LogP contribution in [-0.4, -0.2) is 58.5 Å². The van der Waals surface area contributed by atoms with Gasteiger partial charge in [-0.25, -0.2) is 9.79 Å². The van der Waals surface area contributed by atoms with Crippen molar-refractivity contribution in [3.63, 3.8) is 0 Å². The number of likely N-dealkylation sites (N-methyl/N-ethyl adjacent to an activating group) is 1. The molecular weight excluding hydrogens is 312 g/mol. The first kappa shape index (κ1) is 17.8. The number of amidine groups is 1. The molecule has 2 aliphatic heterocycles. The van der Waals surface area contributed by atoms with Crippen LogP contribution in [0.15, 0.2) is 17.1 Å². The van der Waals surface area contributed by atoms with Gasteiger partial charge in [0.15, 0.2) is 17.4 Å². The first-order valence-electron chi connectivity index (χ1n) is 8.15. The van der Waals surface area contributed by atoms with E-state index in [-0.39, 0.29) is 11.9 Å². The van der Waals surface area contributed by atoms with Gasteiger partial charge in [-0.15, -0.1) is 0 Å². The summed E-state index contributed by atoms with van der Waals surface area (Å²) in [5, 5.41) is 3.27. The molecule has 0 aromatic heterocycles. The normalized spacial score (nSPS) is 23.7. The fourth-order valence-corrected chi connectivity index (χ4v) is 3.68. The van der Waals surface area contributed by atoms with E-state index in [4.69, 9.17) is 0 Å². The lowest BCUT2D eigenvalue weighted by Gasteiger charge is -2.36. The largest absolute Gasteiger partial charge is 0.336 e. The van der Waals surface area contributed by atoms with Gasteiger partial charge in [0.25, 0.3) is 5.91 Å². The lowest BCUT2D eigenvalue weighted by atomic mass is 10.1. The Morgan fingerprint density at radius 3 is 2.74 bits per heavy atom. The molecule has 0 saturated carbocycles. The summed E-state index contributed by atoms with van der Waals surface area (Å²) in [5.41, 5.74) is 1.06. The van der Waals surface area contributed by atoms with Crippen molar-refractivity contribution in [2.75, 3.05) is 19.3 Å². The minimum absolute atomic E-state index is 0.247. The molecule has 23 heavy (non-hydrogen) atoms. The van der Waals surface area contributed by atoms with E-state index < -0.39 is 12.2 Å². The Hall–Kier alpha value is -1.50. The topological polar surface area (TPSA) is 65.0 Å². The van der Waals surface area contributed by atoms with Crippen LogP contribution < -0.4 is 5.32 Å². The quantitative estimate of drug-likeness (QED) is 0.572. The second-order valence-electron chi connectivity index (χ2n) is 6.18. The number of nitrogens with one attached hydrogen (secondary N) is 1. The Morgan fingerprint density at radius 1 is 1.35 bits per heavy atom. The molecule has 3 amide bonds. The van der Waals surface area contributed by atoms with E-state index in [1.165, 1.54) is 17.7 Å². The molecule has 1 N–H and O–H groups in total. The average Bonchev–Trinajstić information content (AvgIpc) is 2.86. The van der Waals surface area contributed by atoms with Crippen molar-refractivity contribution >= 4 is 28.9 Å². The van der Waals surface area contributed by atoms with Crippen LogP contribution in [0, 0.1) is 0 Å². The predicted molar refractivity (Wildman–Crippen MR) is 94.4 cm³/mol. The lowest BCUT2D eigenvalue weighted by Crippen LogP contribution is -2.63. The van der Waals surface area contributed by atoms with E-state index in [9.17, 15) is 9.59 Å². The number of nitrogens with zero attached hydrogens (tertiary/aromatic N) is 3. The maximum atomic E-state index is 12.3. The van der Waals surface area contributed by atoms with Crippen LogP contribution in [0.5, 0.6) is 0 Å². The highest BCUT2D eigenvalue weighted by atomic mass is 32.2. The summed E-state index contributed by atoms with van der Waals surface area (Å²) in [6.45, 7) is 8.87. The van der Waals surface area contributed by atoms with Gasteiger partial charge in [-0.3, -0.25) is 10.1 Å². The number of imide groups is 1. The zero-order chi connectivity index (χ0) is 17.0. The van der Waals surface area contributed by atoms with Crippen LogP contribution in [-0.2, 0) is 4.79 Å². The summed E-state index contributed by atoms with van der Waals surface area (Å²) in [7, 11) is 1.69. The van der Waals surface area contributed by atoms with E-state index in [0.29, 0.717) is 0 Å². The summed E-state index contributed by atoms with van der Waals surface area (Å²) < 4.78 is 0. The highest BCUT2D eigenvalue weighted by Gasteiger charge is 2.48. The first-order valence-corrected chi connectivity index (χ1v) is 9.13. The van der Waals surface area contributed by atoms with Crippen molar-refractivity contribution < 1.29 is 9.59 Å². The Labute approximate surface area is 142 Å². The summed E-state index contributed by atoms with van der Waals surface area (Å²) in [5.74, 6) is 0.520. The minimum Gasteiger partial charge on any atom is -0.336 e. The van der Waals surface area contributed by atoms with Gasteiger partial charge in [0, 0.05) is 19.3 Å². The molecule has 2 atom stereocenters. The fraction of sp³-hybridized carbons (Fsp3) is 0.688. The molecule has 1 saturated heterocycles. The number of carbonyl (C=O) groups excluding carboxylic acids is 2. The summed E-state index contributed by atoms with van der Waals surface area (Å²) in [6, 6.07) is -0.788. The Morgan fingerprint density at radius 2 is 2.09 bits per heavy atom. The number of aliphatic imine (C=N–C) groups is 1. The zero-order valence-electron chi connectivity index (χ0n) is 14.2. The molecule has 6 nitrogen and oxygen atoms in total. The van der Waals surface area contributed by atoms with Crippen LogP contribution in [0.3, 0.4) is 0 Å². The molecule has 0 aromatic rings. The van der Waals surface area contributed by atoms with E-state index in [1.807, 2.05) is 6.92 Å². The minimum atomic E-state index is -0.421. The Bertz CT molecular complexity index is 520. The van der Waals surface area contributed by atoms with Crippen LogP contribution >= 0.6 is 11.8 Å². The molecule has 2 rings (SSSR count). The molecule has 0 aromatic carbocycles. The maximum absolute atomic E-state index is 12.3. The molecule has 2 aliphatic rings. The third-order valence-corrected chi connectivity index (χ3v) is 5.26. The number of hydrogen-bond acceptors (Lipinski definition) is 5. The van der Waals surface area contributed by atoms with Crippen molar-refractivity contribution in [3.05, 3.63) is 12.2 Å². The third kappa shape index (κ3) is 4.07. The summed E-state index contributed by atoms with van der Waals surface area (Å²) in [4.78, 5) is 32.4. The van der Waals surface area contributed by atoms with E-state index >= 15 is 0 Å². The van der Waals surface area contributed by atoms with Crippen molar-refractivity contribution in [3.8, 4) is 0 Å². The van der Waals surface area contributed by atoms with Gasteiger partial charge < -0.3 is 9.80 Å². The number of rotatable bonds is 7. The van der Waals surface area contributed by atoms with Crippen molar-refractivity contribution in [1.29, 1.82) is 0 Å². The molecule has 0 spiro atoms. The van der Waals surface area contributed by atoms with Gasteiger partial charge in [-0.05, 0) is 13.3 Å². The average molecular weight is 338 g/mol. The highest BCUT2D eigenvalue weighted by Crippen LogP contribution is 2.29. The fourth-order valence-electron chi connectivity index (χ4n) is 2.75. The second kappa shape index (κ2) is 7.86. The first-order chi connectivity index (χ1) is 11.0. The van der Waals surface area contributed by atoms with Gasteiger partial charge in [-0.1, -0.05) is 50.1 Å². The maximum Gasteiger partial charge on any atom is 0.325 e. The smallest absolute Gasteiger partial charge is 0.325 e. The number of urea groups is 1. The summed E-state index contributed by atoms with van der Waals surface area (Å²) >= 11 is 1.59. The summed E-state index contributed by atoms with van der Waals surface area (Å²) in [6.07, 6.45) is 4.11. The lowest BCUT2D eigenvalue weighted by molar-refractivity contribution is -0.127. The van der Waals surface area contributed by atoms with E-state index in [2.05, 4.69) is 28.7 Å². The van der Waals surface area contributed by atoms with Crippen LogP contribution in [0.2, 0.25) is 0 Å². The molecule has 0 radical (unpaired) electrons. The SMILES string of the molecule is C=C(C)CSC1=NC2C(C(=O)NC(=O)N2C)N1CCCCCC. The predicted octanol–water partition coefficient (Wildman–Crippen LogP) is 2.42. The molecular formula is C16H26N4O2S. The molecule has 1 fully saturated rings. The van der Waals surface area contributed by atoms with Crippen LogP contribution in [0.4, 0.5) is 4.79 Å². The molecule has 0 aliphatic carbocycles. The third-order valence-electron chi connectivity index (χ3n) is 4.02. The monoisotopic (exact) mass is 338 g/mol. The number of carbonyl (C=O) groups is 2. The number of unbranched alkanes of at least 4 members (excludes halogenated alkanes) is 3. The highest BCUT2D eigenvalue weighted by molar-refractivity contribution is 8.13. The van der Waals surface area contributed by atoms with Gasteiger partial charge in [-0.2, -0.15) is 0 Å². The Kier molecular flexibility index (Phi) is 6.10. The van der Waals surface area contributed by atoms with Gasteiger partial charge >= 0.3 is 6.03 Å². The Balaban J connectivity index is 2.13. The molecule has 128 valence electrons. The van der Waals surface area contributed by atoms with E-state index in [1.54, 1.807) is 18.8 Å². The molecule has 2 heterocycles.